The molecule has 1 fully saturated rings. The molecule has 19 heavy (non-hydrogen) atoms. The van der Waals surface area contributed by atoms with E-state index in [1.54, 1.807) is 4.90 Å². The Labute approximate surface area is 115 Å². The summed E-state index contributed by atoms with van der Waals surface area (Å²) in [6, 6.07) is 0. The Balaban J connectivity index is 2.08. The van der Waals surface area contributed by atoms with Crippen molar-refractivity contribution in [3.05, 3.63) is 12.2 Å². The third-order valence-corrected chi connectivity index (χ3v) is 4.47. The molecule has 1 aliphatic heterocycles. The van der Waals surface area contributed by atoms with E-state index in [1.807, 2.05) is 13.8 Å². The standard InChI is InChI=1S/C15H24N2O2/c1-3-15(4-2)14(19)17(11-13(18)16-15)10-12-8-6-5-7-9-12/h5-6,12H,3-4,7-11H2,1-2H3,(H,16,18). The van der Waals surface area contributed by atoms with Gasteiger partial charge in [-0.15, -0.1) is 0 Å². The highest BCUT2D eigenvalue weighted by atomic mass is 16.2. The Morgan fingerprint density at radius 3 is 2.63 bits per heavy atom. The average molecular weight is 264 g/mol. The van der Waals surface area contributed by atoms with E-state index in [4.69, 9.17) is 0 Å². The van der Waals surface area contributed by atoms with Crippen LogP contribution >= 0.6 is 0 Å². The molecule has 1 N–H and O–H groups in total. The molecular formula is C15H24N2O2. The smallest absolute Gasteiger partial charge is 0.248 e. The minimum Gasteiger partial charge on any atom is -0.340 e. The first kappa shape index (κ1) is 14.1. The van der Waals surface area contributed by atoms with E-state index in [0.717, 1.165) is 25.8 Å². The van der Waals surface area contributed by atoms with E-state index in [0.29, 0.717) is 18.8 Å². The topological polar surface area (TPSA) is 49.4 Å². The van der Waals surface area contributed by atoms with E-state index in [9.17, 15) is 9.59 Å². The highest BCUT2D eigenvalue weighted by molar-refractivity contribution is 5.97. The fourth-order valence-corrected chi connectivity index (χ4v) is 3.12. The maximum Gasteiger partial charge on any atom is 0.248 e. The molecule has 0 radical (unpaired) electrons. The molecule has 1 atom stereocenters. The minimum atomic E-state index is -0.667. The fraction of sp³-hybridized carbons (Fsp3) is 0.733. The van der Waals surface area contributed by atoms with Crippen molar-refractivity contribution in [3.8, 4) is 0 Å². The van der Waals surface area contributed by atoms with Crippen molar-refractivity contribution in [2.75, 3.05) is 13.1 Å². The first-order valence-corrected chi connectivity index (χ1v) is 7.36. The number of rotatable bonds is 4. The number of piperazine rings is 1. The summed E-state index contributed by atoms with van der Waals surface area (Å²) in [6.45, 7) is 4.88. The van der Waals surface area contributed by atoms with Crippen LogP contribution in [-0.4, -0.2) is 35.3 Å². The van der Waals surface area contributed by atoms with Crippen molar-refractivity contribution in [3.63, 3.8) is 0 Å². The quantitative estimate of drug-likeness (QED) is 0.788. The van der Waals surface area contributed by atoms with Crippen LogP contribution in [0.2, 0.25) is 0 Å². The molecule has 4 heteroatoms. The van der Waals surface area contributed by atoms with Gasteiger partial charge in [-0.25, -0.2) is 0 Å². The SMILES string of the molecule is CCC1(CC)NC(=O)CN(CC2CC=CCC2)C1=O. The lowest BCUT2D eigenvalue weighted by molar-refractivity contribution is -0.151. The second-order valence-electron chi connectivity index (χ2n) is 5.67. The average Bonchev–Trinajstić information content (AvgIpc) is 2.44. The van der Waals surface area contributed by atoms with Gasteiger partial charge in [0.2, 0.25) is 11.8 Å². The molecule has 1 aliphatic carbocycles. The zero-order valence-electron chi connectivity index (χ0n) is 11.9. The van der Waals surface area contributed by atoms with Gasteiger partial charge >= 0.3 is 0 Å². The number of nitrogens with zero attached hydrogens (tertiary/aromatic N) is 1. The summed E-state index contributed by atoms with van der Waals surface area (Å²) >= 11 is 0. The highest BCUT2D eigenvalue weighted by Crippen LogP contribution is 2.25. The maximum atomic E-state index is 12.6. The number of amides is 2. The molecular weight excluding hydrogens is 240 g/mol. The Hall–Kier alpha value is -1.32. The van der Waals surface area contributed by atoms with Gasteiger partial charge in [0.25, 0.3) is 0 Å². The Morgan fingerprint density at radius 1 is 1.32 bits per heavy atom. The highest BCUT2D eigenvalue weighted by Gasteiger charge is 2.44. The molecule has 0 spiro atoms. The number of nitrogens with one attached hydrogen (secondary N) is 1. The van der Waals surface area contributed by atoms with Crippen molar-refractivity contribution in [2.24, 2.45) is 5.92 Å². The zero-order chi connectivity index (χ0) is 13.9. The monoisotopic (exact) mass is 264 g/mol. The Morgan fingerprint density at radius 2 is 2.05 bits per heavy atom. The number of allylic oxidation sites excluding steroid dienone is 2. The maximum absolute atomic E-state index is 12.6. The van der Waals surface area contributed by atoms with E-state index in [2.05, 4.69) is 17.5 Å². The van der Waals surface area contributed by atoms with Gasteiger partial charge < -0.3 is 10.2 Å². The van der Waals surface area contributed by atoms with Gasteiger partial charge in [-0.3, -0.25) is 9.59 Å². The molecule has 0 bridgehead atoms. The van der Waals surface area contributed by atoms with E-state index in [1.165, 1.54) is 0 Å². The molecule has 0 saturated carbocycles. The summed E-state index contributed by atoms with van der Waals surface area (Å²) in [5.41, 5.74) is -0.667. The van der Waals surface area contributed by atoms with Crippen LogP contribution in [0.25, 0.3) is 0 Å². The summed E-state index contributed by atoms with van der Waals surface area (Å²) in [5.74, 6) is 0.590. The second kappa shape index (κ2) is 5.76. The van der Waals surface area contributed by atoms with E-state index in [-0.39, 0.29) is 18.4 Å². The molecule has 1 unspecified atom stereocenters. The Bertz CT molecular complexity index is 386. The number of carbonyl (C=O) groups excluding carboxylic acids is 2. The molecule has 1 heterocycles. The third-order valence-electron chi connectivity index (χ3n) is 4.47. The van der Waals surface area contributed by atoms with Crippen LogP contribution in [0.1, 0.15) is 46.0 Å². The lowest BCUT2D eigenvalue weighted by Gasteiger charge is -2.42. The predicted molar refractivity (Wildman–Crippen MR) is 74.5 cm³/mol. The van der Waals surface area contributed by atoms with Crippen LogP contribution in [0.5, 0.6) is 0 Å². The second-order valence-corrected chi connectivity index (χ2v) is 5.67. The van der Waals surface area contributed by atoms with Crippen molar-refractivity contribution in [1.82, 2.24) is 10.2 Å². The lowest BCUT2D eigenvalue weighted by Crippen LogP contribution is -2.66. The molecule has 4 nitrogen and oxygen atoms in total. The molecule has 106 valence electrons. The molecule has 2 amide bonds. The van der Waals surface area contributed by atoms with Gasteiger partial charge in [-0.05, 0) is 38.0 Å². The summed E-state index contributed by atoms with van der Waals surface area (Å²) in [5, 5.41) is 2.90. The molecule has 2 rings (SSSR count). The van der Waals surface area contributed by atoms with Gasteiger partial charge in [0.05, 0.1) is 6.54 Å². The van der Waals surface area contributed by atoms with Gasteiger partial charge in [-0.1, -0.05) is 26.0 Å². The van der Waals surface area contributed by atoms with E-state index >= 15 is 0 Å². The summed E-state index contributed by atoms with van der Waals surface area (Å²) in [4.78, 5) is 26.3. The van der Waals surface area contributed by atoms with Crippen LogP contribution in [0, 0.1) is 5.92 Å². The molecule has 0 aromatic carbocycles. The van der Waals surface area contributed by atoms with Gasteiger partial charge in [0.1, 0.15) is 5.54 Å². The third kappa shape index (κ3) is 2.82. The van der Waals surface area contributed by atoms with Crippen LogP contribution in [0.4, 0.5) is 0 Å². The summed E-state index contributed by atoms with van der Waals surface area (Å²) in [6.07, 6.45) is 8.94. The first-order valence-electron chi connectivity index (χ1n) is 7.36. The number of hydrogen-bond acceptors (Lipinski definition) is 2. The fourth-order valence-electron chi connectivity index (χ4n) is 3.12. The van der Waals surface area contributed by atoms with Gasteiger partial charge in [-0.2, -0.15) is 0 Å². The normalized spacial score (nSPS) is 26.4. The number of carbonyl (C=O) groups is 2. The van der Waals surface area contributed by atoms with Crippen molar-refractivity contribution in [1.29, 1.82) is 0 Å². The molecule has 0 aromatic heterocycles. The van der Waals surface area contributed by atoms with Crippen LogP contribution in [-0.2, 0) is 9.59 Å². The molecule has 2 aliphatic rings. The van der Waals surface area contributed by atoms with Gasteiger partial charge in [0, 0.05) is 6.54 Å². The summed E-state index contributed by atoms with van der Waals surface area (Å²) < 4.78 is 0. The number of hydrogen-bond donors (Lipinski definition) is 1. The Kier molecular flexibility index (Phi) is 4.27. The molecule has 1 saturated heterocycles. The lowest BCUT2D eigenvalue weighted by atomic mass is 9.87. The van der Waals surface area contributed by atoms with Crippen LogP contribution in [0.3, 0.4) is 0 Å². The zero-order valence-corrected chi connectivity index (χ0v) is 11.9. The predicted octanol–water partition coefficient (Wildman–Crippen LogP) is 1.86. The van der Waals surface area contributed by atoms with Crippen molar-refractivity contribution in [2.45, 2.75) is 51.5 Å². The van der Waals surface area contributed by atoms with Crippen molar-refractivity contribution >= 4 is 11.8 Å². The largest absolute Gasteiger partial charge is 0.340 e. The summed E-state index contributed by atoms with van der Waals surface area (Å²) in [7, 11) is 0. The van der Waals surface area contributed by atoms with Crippen LogP contribution in [0.15, 0.2) is 12.2 Å². The minimum absolute atomic E-state index is 0.0188. The van der Waals surface area contributed by atoms with E-state index < -0.39 is 5.54 Å². The van der Waals surface area contributed by atoms with Crippen LogP contribution < -0.4 is 5.32 Å². The van der Waals surface area contributed by atoms with Gasteiger partial charge in [0.15, 0.2) is 0 Å². The van der Waals surface area contributed by atoms with Crippen molar-refractivity contribution < 1.29 is 9.59 Å². The first-order chi connectivity index (χ1) is 9.11. The molecule has 0 aromatic rings.